The van der Waals surface area contributed by atoms with Gasteiger partial charge in [-0.2, -0.15) is 0 Å². The van der Waals surface area contributed by atoms with Gasteiger partial charge in [0.25, 0.3) is 0 Å². The van der Waals surface area contributed by atoms with Gasteiger partial charge in [-0.05, 0) is 48.7 Å². The lowest BCUT2D eigenvalue weighted by atomic mass is 9.81. The highest BCUT2D eigenvalue weighted by molar-refractivity contribution is 6.30. The highest BCUT2D eigenvalue weighted by Crippen LogP contribution is 2.45. The number of piperidine rings is 1. The molecule has 0 saturated carbocycles. The van der Waals surface area contributed by atoms with Crippen LogP contribution < -0.4 is 4.74 Å². The van der Waals surface area contributed by atoms with Gasteiger partial charge < -0.3 is 19.8 Å². The van der Waals surface area contributed by atoms with Gasteiger partial charge in [-0.25, -0.2) is 4.39 Å². The van der Waals surface area contributed by atoms with Crippen LogP contribution in [-0.4, -0.2) is 40.3 Å². The summed E-state index contributed by atoms with van der Waals surface area (Å²) in [5.74, 6) is 0.401. The van der Waals surface area contributed by atoms with E-state index in [0.29, 0.717) is 29.3 Å². The number of benzene rings is 2. The number of likely N-dealkylation sites (tertiary alicyclic amines) is 1. The Kier molecular flexibility index (Phi) is 5.12. The van der Waals surface area contributed by atoms with Crippen LogP contribution in [0.15, 0.2) is 42.5 Å². The molecule has 4 nitrogen and oxygen atoms in total. The van der Waals surface area contributed by atoms with E-state index in [1.165, 1.54) is 12.1 Å². The maximum absolute atomic E-state index is 13.0. The van der Waals surface area contributed by atoms with Gasteiger partial charge in [0.1, 0.15) is 17.2 Å². The third-order valence-electron chi connectivity index (χ3n) is 5.68. The van der Waals surface area contributed by atoms with Crippen molar-refractivity contribution in [3.63, 3.8) is 0 Å². The van der Waals surface area contributed by atoms with Gasteiger partial charge in [-0.1, -0.05) is 23.7 Å². The molecule has 2 atom stereocenters. The zero-order valence-corrected chi connectivity index (χ0v) is 15.7. The predicted molar refractivity (Wildman–Crippen MR) is 101 cm³/mol. The fourth-order valence-corrected chi connectivity index (χ4v) is 4.27. The lowest BCUT2D eigenvalue weighted by Gasteiger charge is -2.46. The zero-order valence-electron chi connectivity index (χ0n) is 14.9. The van der Waals surface area contributed by atoms with Crippen molar-refractivity contribution in [1.29, 1.82) is 0 Å². The molecule has 0 radical (unpaired) electrons. The molecule has 0 amide bonds. The lowest BCUT2D eigenvalue weighted by Crippen LogP contribution is -2.51. The Bertz CT molecular complexity index is 806. The highest BCUT2D eigenvalue weighted by atomic mass is 35.5. The summed E-state index contributed by atoms with van der Waals surface area (Å²) in [6.07, 6.45) is 0.878. The highest BCUT2D eigenvalue weighted by Gasteiger charge is 2.43. The number of hydrogen-bond acceptors (Lipinski definition) is 4. The Hall–Kier alpha value is -1.66. The number of hydrogen-bond donors (Lipinski definition) is 2. The van der Waals surface area contributed by atoms with Gasteiger partial charge in [0.05, 0.1) is 12.2 Å². The summed E-state index contributed by atoms with van der Waals surface area (Å²) in [6, 6.07) is 11.3. The van der Waals surface area contributed by atoms with E-state index in [4.69, 9.17) is 16.3 Å². The van der Waals surface area contributed by atoms with Crippen LogP contribution in [0.25, 0.3) is 0 Å². The van der Waals surface area contributed by atoms with Crippen LogP contribution in [0, 0.1) is 5.82 Å². The van der Waals surface area contributed by atoms with Gasteiger partial charge in [0, 0.05) is 36.6 Å². The second-order valence-corrected chi connectivity index (χ2v) is 7.99. The summed E-state index contributed by atoms with van der Waals surface area (Å²) in [5, 5.41) is 21.6. The van der Waals surface area contributed by atoms with Crippen LogP contribution in [0.2, 0.25) is 5.02 Å². The van der Waals surface area contributed by atoms with Crippen molar-refractivity contribution in [1.82, 2.24) is 4.90 Å². The predicted octanol–water partition coefficient (Wildman–Crippen LogP) is 3.86. The SMILES string of the molecule is O[C@@H]1CC2(CCN(C[C@H](O)c3ccc(F)cc3)CC2)Oc2ccc(Cl)cc21. The Balaban J connectivity index is 1.39. The molecule has 4 rings (SSSR count). The molecule has 0 bridgehead atoms. The fourth-order valence-electron chi connectivity index (χ4n) is 4.09. The number of nitrogens with zero attached hydrogens (tertiary/aromatic N) is 1. The second kappa shape index (κ2) is 7.40. The van der Waals surface area contributed by atoms with E-state index in [1.807, 2.05) is 6.07 Å². The van der Waals surface area contributed by atoms with Gasteiger partial charge >= 0.3 is 0 Å². The molecule has 6 heteroatoms. The Morgan fingerprint density at radius 2 is 1.89 bits per heavy atom. The molecule has 2 aromatic rings. The van der Waals surface area contributed by atoms with Crippen LogP contribution in [0.4, 0.5) is 4.39 Å². The number of ether oxygens (including phenoxy) is 1. The summed E-state index contributed by atoms with van der Waals surface area (Å²) >= 11 is 6.03. The molecule has 0 aromatic heterocycles. The van der Waals surface area contributed by atoms with Gasteiger partial charge in [-0.3, -0.25) is 0 Å². The Labute approximate surface area is 163 Å². The third kappa shape index (κ3) is 3.97. The van der Waals surface area contributed by atoms with Crippen LogP contribution in [0.1, 0.15) is 42.6 Å². The monoisotopic (exact) mass is 391 g/mol. The largest absolute Gasteiger partial charge is 0.487 e. The Morgan fingerprint density at radius 1 is 1.19 bits per heavy atom. The van der Waals surface area contributed by atoms with Crippen molar-refractivity contribution >= 4 is 11.6 Å². The van der Waals surface area contributed by atoms with Crippen LogP contribution in [0.3, 0.4) is 0 Å². The van der Waals surface area contributed by atoms with Crippen molar-refractivity contribution in [2.45, 2.75) is 37.1 Å². The molecule has 1 saturated heterocycles. The molecule has 27 heavy (non-hydrogen) atoms. The molecule has 2 aliphatic rings. The summed E-state index contributed by atoms with van der Waals surface area (Å²) in [5.41, 5.74) is 1.09. The summed E-state index contributed by atoms with van der Waals surface area (Å²) in [4.78, 5) is 2.19. The quantitative estimate of drug-likeness (QED) is 0.834. The normalized spacial score (nSPS) is 22.9. The van der Waals surface area contributed by atoms with Gasteiger partial charge in [-0.15, -0.1) is 0 Å². The molecule has 2 aliphatic heterocycles. The first-order valence-electron chi connectivity index (χ1n) is 9.27. The van der Waals surface area contributed by atoms with E-state index in [9.17, 15) is 14.6 Å². The topological polar surface area (TPSA) is 52.9 Å². The van der Waals surface area contributed by atoms with E-state index in [0.717, 1.165) is 31.5 Å². The standard InChI is InChI=1S/C21H23ClFNO3/c22-15-3-6-20-17(11-15)18(25)12-21(27-20)7-9-24(10-8-21)13-19(26)14-1-4-16(23)5-2-14/h1-6,11,18-19,25-26H,7-10,12-13H2/t18-,19+/m1/s1. The average Bonchev–Trinajstić information content (AvgIpc) is 2.65. The summed E-state index contributed by atoms with van der Waals surface area (Å²) in [6.45, 7) is 2.04. The number of aliphatic hydroxyl groups excluding tert-OH is 2. The molecule has 0 aliphatic carbocycles. The lowest BCUT2D eigenvalue weighted by molar-refractivity contribution is -0.0587. The molecule has 1 spiro atoms. The summed E-state index contributed by atoms with van der Waals surface area (Å²) < 4.78 is 19.3. The number of rotatable bonds is 3. The fraction of sp³-hybridized carbons (Fsp3) is 0.429. The first kappa shape index (κ1) is 18.7. The van der Waals surface area contributed by atoms with E-state index >= 15 is 0 Å². The minimum atomic E-state index is -0.652. The zero-order chi connectivity index (χ0) is 19.0. The van der Waals surface area contributed by atoms with Crippen molar-refractivity contribution in [2.75, 3.05) is 19.6 Å². The van der Waals surface area contributed by atoms with Crippen LogP contribution in [0.5, 0.6) is 5.75 Å². The second-order valence-electron chi connectivity index (χ2n) is 7.56. The molecular weight excluding hydrogens is 369 g/mol. The number of β-amino-alcohol motifs (C(OH)–C–C–N with tert-alkyl or cyclic N) is 1. The third-order valence-corrected chi connectivity index (χ3v) is 5.91. The van der Waals surface area contributed by atoms with Crippen LogP contribution in [-0.2, 0) is 0 Å². The minimum Gasteiger partial charge on any atom is -0.487 e. The van der Waals surface area contributed by atoms with Gasteiger partial charge in [0.15, 0.2) is 0 Å². The molecule has 0 unspecified atom stereocenters. The Morgan fingerprint density at radius 3 is 2.59 bits per heavy atom. The van der Waals surface area contributed by atoms with Crippen molar-refractivity contribution < 1.29 is 19.3 Å². The molecule has 2 N–H and O–H groups in total. The maximum atomic E-state index is 13.0. The number of halogens is 2. The van der Waals surface area contributed by atoms with Crippen LogP contribution >= 0.6 is 11.6 Å². The maximum Gasteiger partial charge on any atom is 0.126 e. The number of fused-ring (bicyclic) bond motifs is 1. The summed E-state index contributed by atoms with van der Waals surface area (Å²) in [7, 11) is 0. The van der Waals surface area contributed by atoms with E-state index < -0.39 is 12.2 Å². The van der Waals surface area contributed by atoms with E-state index in [-0.39, 0.29) is 11.4 Å². The molecule has 2 aromatic carbocycles. The van der Waals surface area contributed by atoms with E-state index in [1.54, 1.807) is 24.3 Å². The molecule has 1 fully saturated rings. The molecule has 144 valence electrons. The van der Waals surface area contributed by atoms with Crippen molar-refractivity contribution in [3.05, 3.63) is 64.4 Å². The molecular formula is C21H23ClFNO3. The first-order valence-corrected chi connectivity index (χ1v) is 9.64. The van der Waals surface area contributed by atoms with Crippen molar-refractivity contribution in [2.24, 2.45) is 0 Å². The van der Waals surface area contributed by atoms with Crippen molar-refractivity contribution in [3.8, 4) is 5.75 Å². The first-order chi connectivity index (χ1) is 12.9. The smallest absolute Gasteiger partial charge is 0.126 e. The molecule has 2 heterocycles. The van der Waals surface area contributed by atoms with Gasteiger partial charge in [0.2, 0.25) is 0 Å². The number of aliphatic hydroxyl groups is 2. The van der Waals surface area contributed by atoms with E-state index in [2.05, 4.69) is 4.90 Å². The average molecular weight is 392 g/mol. The minimum absolute atomic E-state index is 0.305.